The Hall–Kier alpha value is -1.81. The molecule has 3 N–H and O–H groups in total. The van der Waals surface area contributed by atoms with Gasteiger partial charge in [-0.3, -0.25) is 10.2 Å². The van der Waals surface area contributed by atoms with E-state index in [4.69, 9.17) is 5.84 Å². The zero-order chi connectivity index (χ0) is 13.0. The molecular formula is C14H19N3O. The zero-order valence-corrected chi connectivity index (χ0v) is 10.6. The van der Waals surface area contributed by atoms with Crippen molar-refractivity contribution in [1.29, 1.82) is 0 Å². The molecule has 0 spiro atoms. The van der Waals surface area contributed by atoms with Gasteiger partial charge in [-0.05, 0) is 30.9 Å². The highest BCUT2D eigenvalue weighted by Gasteiger charge is 2.05. The molecule has 0 aliphatic rings. The third-order valence-electron chi connectivity index (χ3n) is 3.24. The molecule has 1 aromatic heterocycles. The summed E-state index contributed by atoms with van der Waals surface area (Å²) < 4.78 is 2.15. The number of hydrogen-bond donors (Lipinski definition) is 2. The number of fused-ring (bicyclic) bond motifs is 1. The van der Waals surface area contributed by atoms with E-state index in [9.17, 15) is 4.79 Å². The van der Waals surface area contributed by atoms with Crippen LogP contribution in [-0.2, 0) is 18.3 Å². The summed E-state index contributed by atoms with van der Waals surface area (Å²) in [5.41, 5.74) is 4.76. The molecule has 0 saturated carbocycles. The van der Waals surface area contributed by atoms with E-state index in [0.29, 0.717) is 6.42 Å². The molecule has 0 aliphatic carbocycles. The normalized spacial score (nSPS) is 10.8. The maximum absolute atomic E-state index is 11.0. The molecule has 0 atom stereocenters. The number of benzene rings is 1. The highest BCUT2D eigenvalue weighted by atomic mass is 16.2. The highest BCUT2D eigenvalue weighted by Crippen LogP contribution is 2.21. The average molecular weight is 245 g/mol. The SMILES string of the molecule is Cn1cc(CCCCC(=O)NN)c2ccccc21. The number of carbonyl (C=O) groups is 1. The number of para-hydroxylation sites is 1. The minimum Gasteiger partial charge on any atom is -0.350 e. The second-order valence-electron chi connectivity index (χ2n) is 4.56. The molecule has 4 heteroatoms. The average Bonchev–Trinajstić information content (AvgIpc) is 2.72. The van der Waals surface area contributed by atoms with Crippen molar-refractivity contribution in [2.24, 2.45) is 12.9 Å². The molecule has 0 fully saturated rings. The van der Waals surface area contributed by atoms with Crippen LogP contribution >= 0.6 is 0 Å². The predicted octanol–water partition coefficient (Wildman–Crippen LogP) is 1.88. The van der Waals surface area contributed by atoms with Crippen LogP contribution in [0.2, 0.25) is 0 Å². The summed E-state index contributed by atoms with van der Waals surface area (Å²) in [7, 11) is 2.06. The molecule has 1 amide bonds. The monoisotopic (exact) mass is 245 g/mol. The number of unbranched alkanes of at least 4 members (excludes halogenated alkanes) is 1. The third-order valence-corrected chi connectivity index (χ3v) is 3.24. The molecule has 0 bridgehead atoms. The molecule has 0 saturated heterocycles. The van der Waals surface area contributed by atoms with Crippen LogP contribution in [0.15, 0.2) is 30.5 Å². The molecule has 2 rings (SSSR count). The van der Waals surface area contributed by atoms with Crippen molar-refractivity contribution in [3.8, 4) is 0 Å². The maximum atomic E-state index is 11.0. The smallest absolute Gasteiger partial charge is 0.233 e. The number of rotatable bonds is 5. The standard InChI is InChI=1S/C14H19N3O/c1-17-10-11(6-2-5-9-14(18)16-15)12-7-3-4-8-13(12)17/h3-4,7-8,10H,2,5-6,9,15H2,1H3,(H,16,18). The number of nitrogens with zero attached hydrogens (tertiary/aromatic N) is 1. The Morgan fingerprint density at radius 1 is 1.33 bits per heavy atom. The van der Waals surface area contributed by atoms with Crippen LogP contribution in [0.1, 0.15) is 24.8 Å². The van der Waals surface area contributed by atoms with Gasteiger partial charge in [0.05, 0.1) is 0 Å². The molecule has 96 valence electrons. The van der Waals surface area contributed by atoms with Gasteiger partial charge in [-0.25, -0.2) is 5.84 Å². The van der Waals surface area contributed by atoms with Crippen molar-refractivity contribution >= 4 is 16.8 Å². The topological polar surface area (TPSA) is 60.0 Å². The van der Waals surface area contributed by atoms with Crippen molar-refractivity contribution in [2.75, 3.05) is 0 Å². The lowest BCUT2D eigenvalue weighted by molar-refractivity contribution is -0.121. The summed E-state index contributed by atoms with van der Waals surface area (Å²) in [5.74, 6) is 4.95. The first-order valence-corrected chi connectivity index (χ1v) is 6.24. The second-order valence-corrected chi connectivity index (χ2v) is 4.56. The number of nitrogens with one attached hydrogen (secondary N) is 1. The fourth-order valence-electron chi connectivity index (χ4n) is 2.30. The Morgan fingerprint density at radius 3 is 2.89 bits per heavy atom. The minimum absolute atomic E-state index is 0.0899. The molecule has 0 unspecified atom stereocenters. The van der Waals surface area contributed by atoms with Gasteiger partial charge in [0.1, 0.15) is 0 Å². The summed E-state index contributed by atoms with van der Waals surface area (Å²) >= 11 is 0. The lowest BCUT2D eigenvalue weighted by Gasteiger charge is -2.00. The Morgan fingerprint density at radius 2 is 2.11 bits per heavy atom. The summed E-state index contributed by atoms with van der Waals surface area (Å²) in [6.45, 7) is 0. The number of hydrazine groups is 1. The number of hydrogen-bond acceptors (Lipinski definition) is 2. The fourth-order valence-corrected chi connectivity index (χ4v) is 2.30. The van der Waals surface area contributed by atoms with Crippen molar-refractivity contribution in [3.63, 3.8) is 0 Å². The predicted molar refractivity (Wildman–Crippen MR) is 72.8 cm³/mol. The lowest BCUT2D eigenvalue weighted by Crippen LogP contribution is -2.29. The van der Waals surface area contributed by atoms with E-state index < -0.39 is 0 Å². The number of nitrogens with two attached hydrogens (primary N) is 1. The Bertz CT molecular complexity index is 545. The zero-order valence-electron chi connectivity index (χ0n) is 10.6. The Kier molecular flexibility index (Phi) is 3.99. The van der Waals surface area contributed by atoms with Crippen molar-refractivity contribution in [1.82, 2.24) is 9.99 Å². The summed E-state index contributed by atoms with van der Waals surface area (Å²) in [4.78, 5) is 11.0. The third kappa shape index (κ3) is 2.71. The first-order chi connectivity index (χ1) is 8.72. The Balaban J connectivity index is 1.98. The number of aryl methyl sites for hydroxylation is 2. The number of amides is 1. The molecule has 18 heavy (non-hydrogen) atoms. The largest absolute Gasteiger partial charge is 0.350 e. The van der Waals surface area contributed by atoms with Gasteiger partial charge in [0.25, 0.3) is 0 Å². The maximum Gasteiger partial charge on any atom is 0.233 e. The van der Waals surface area contributed by atoms with E-state index in [0.717, 1.165) is 19.3 Å². The first-order valence-electron chi connectivity index (χ1n) is 6.24. The van der Waals surface area contributed by atoms with E-state index >= 15 is 0 Å². The van der Waals surface area contributed by atoms with E-state index in [2.05, 4.69) is 47.5 Å². The van der Waals surface area contributed by atoms with Crippen LogP contribution in [0.4, 0.5) is 0 Å². The van der Waals surface area contributed by atoms with Crippen LogP contribution in [0.5, 0.6) is 0 Å². The van der Waals surface area contributed by atoms with Crippen molar-refractivity contribution in [3.05, 3.63) is 36.0 Å². The summed E-state index contributed by atoms with van der Waals surface area (Å²) in [6, 6.07) is 8.39. The molecule has 2 aromatic rings. The summed E-state index contributed by atoms with van der Waals surface area (Å²) in [5, 5.41) is 1.31. The molecular weight excluding hydrogens is 226 g/mol. The molecule has 0 aliphatic heterocycles. The first kappa shape index (κ1) is 12.6. The fraction of sp³-hybridized carbons (Fsp3) is 0.357. The second kappa shape index (κ2) is 5.69. The van der Waals surface area contributed by atoms with Gasteiger partial charge in [0.15, 0.2) is 0 Å². The number of carbonyl (C=O) groups excluding carboxylic acids is 1. The van der Waals surface area contributed by atoms with Crippen LogP contribution in [0.3, 0.4) is 0 Å². The van der Waals surface area contributed by atoms with Gasteiger partial charge in [0, 0.05) is 30.6 Å². The molecule has 1 aromatic carbocycles. The van der Waals surface area contributed by atoms with Gasteiger partial charge in [-0.2, -0.15) is 0 Å². The van der Waals surface area contributed by atoms with E-state index in [1.165, 1.54) is 16.5 Å². The minimum atomic E-state index is -0.0899. The van der Waals surface area contributed by atoms with Gasteiger partial charge in [-0.15, -0.1) is 0 Å². The van der Waals surface area contributed by atoms with Gasteiger partial charge >= 0.3 is 0 Å². The lowest BCUT2D eigenvalue weighted by atomic mass is 10.1. The van der Waals surface area contributed by atoms with E-state index in [1.807, 2.05) is 0 Å². The number of aromatic nitrogens is 1. The molecule has 4 nitrogen and oxygen atoms in total. The molecule has 1 heterocycles. The summed E-state index contributed by atoms with van der Waals surface area (Å²) in [6.07, 6.45) is 5.54. The van der Waals surface area contributed by atoms with Gasteiger partial charge in [0.2, 0.25) is 5.91 Å². The van der Waals surface area contributed by atoms with E-state index in [-0.39, 0.29) is 5.91 Å². The molecule has 0 radical (unpaired) electrons. The highest BCUT2D eigenvalue weighted by molar-refractivity contribution is 5.83. The van der Waals surface area contributed by atoms with Gasteiger partial charge in [-0.1, -0.05) is 18.2 Å². The van der Waals surface area contributed by atoms with Crippen molar-refractivity contribution < 1.29 is 4.79 Å². The van der Waals surface area contributed by atoms with E-state index in [1.54, 1.807) is 0 Å². The van der Waals surface area contributed by atoms with Crippen LogP contribution in [-0.4, -0.2) is 10.5 Å². The quantitative estimate of drug-likeness (QED) is 0.366. The van der Waals surface area contributed by atoms with Crippen LogP contribution in [0.25, 0.3) is 10.9 Å². The van der Waals surface area contributed by atoms with Crippen LogP contribution in [0, 0.1) is 0 Å². The Labute approximate surface area is 107 Å². The van der Waals surface area contributed by atoms with Crippen LogP contribution < -0.4 is 11.3 Å². The van der Waals surface area contributed by atoms with Crippen molar-refractivity contribution in [2.45, 2.75) is 25.7 Å². The van der Waals surface area contributed by atoms with Gasteiger partial charge < -0.3 is 4.57 Å².